The van der Waals surface area contributed by atoms with E-state index in [9.17, 15) is 4.79 Å². The van der Waals surface area contributed by atoms with Gasteiger partial charge < -0.3 is 9.72 Å². The first-order valence-electron chi connectivity index (χ1n) is 14.5. The zero-order valence-corrected chi connectivity index (χ0v) is 22.7. The molecule has 4 nitrogen and oxygen atoms in total. The van der Waals surface area contributed by atoms with Crippen molar-refractivity contribution in [3.05, 3.63) is 71.4 Å². The van der Waals surface area contributed by atoms with Gasteiger partial charge in [0.05, 0.1) is 6.04 Å². The monoisotopic (exact) mass is 498 g/mol. The normalized spacial score (nSPS) is 28.5. The highest BCUT2D eigenvalue weighted by atomic mass is 16.5. The van der Waals surface area contributed by atoms with E-state index in [1.54, 1.807) is 0 Å². The van der Waals surface area contributed by atoms with Gasteiger partial charge in [-0.3, -0.25) is 9.69 Å². The highest BCUT2D eigenvalue weighted by Gasteiger charge is 2.42. The minimum atomic E-state index is -0.0220. The standard InChI is InChI=1S/C33H42N2O2/c1-22-13-14-27(33(2,3)24-9-5-4-6-10-24)30(19-22)37-31(36)21-23-15-17-35-18-16-26-25-11-7-8-12-28(25)34-32(26)29(35)20-23/h4-12,22-23,27,29-30,34H,13-21H2,1-3H3/t22-,23+,27-,29-,30-/m1/s1. The number of fused-ring (bicyclic) bond motifs is 5. The topological polar surface area (TPSA) is 45.3 Å². The van der Waals surface area contributed by atoms with Gasteiger partial charge in [-0.15, -0.1) is 0 Å². The number of rotatable bonds is 5. The van der Waals surface area contributed by atoms with Crippen molar-refractivity contribution in [3.8, 4) is 0 Å². The third-order valence-electron chi connectivity index (χ3n) is 9.89. The van der Waals surface area contributed by atoms with E-state index in [2.05, 4.69) is 85.3 Å². The molecule has 1 saturated carbocycles. The maximum Gasteiger partial charge on any atom is 0.306 e. The molecule has 0 radical (unpaired) electrons. The molecule has 2 fully saturated rings. The summed E-state index contributed by atoms with van der Waals surface area (Å²) in [7, 11) is 0. The molecule has 37 heavy (non-hydrogen) atoms. The maximum absolute atomic E-state index is 13.4. The van der Waals surface area contributed by atoms with Crippen molar-refractivity contribution in [1.29, 1.82) is 0 Å². The minimum Gasteiger partial charge on any atom is -0.462 e. The van der Waals surface area contributed by atoms with Crippen LogP contribution in [0.1, 0.15) is 82.2 Å². The van der Waals surface area contributed by atoms with E-state index in [-0.39, 0.29) is 17.5 Å². The first-order valence-corrected chi connectivity index (χ1v) is 14.5. The summed E-state index contributed by atoms with van der Waals surface area (Å²) in [6, 6.07) is 19.9. The van der Waals surface area contributed by atoms with Crippen LogP contribution in [0.2, 0.25) is 0 Å². The molecule has 1 aliphatic carbocycles. The smallest absolute Gasteiger partial charge is 0.306 e. The Bertz CT molecular complexity index is 1250. The lowest BCUT2D eigenvalue weighted by Gasteiger charge is -2.44. The Balaban J connectivity index is 1.15. The number of carbonyl (C=O) groups is 1. The van der Waals surface area contributed by atoms with Crippen molar-refractivity contribution in [2.24, 2.45) is 17.8 Å². The average molecular weight is 499 g/mol. The summed E-state index contributed by atoms with van der Waals surface area (Å²) in [5.74, 6) is 1.35. The van der Waals surface area contributed by atoms with E-state index >= 15 is 0 Å². The first kappa shape index (κ1) is 24.7. The Labute approximate surface area is 221 Å². The third kappa shape index (κ3) is 4.74. The van der Waals surface area contributed by atoms with Crippen LogP contribution in [-0.2, 0) is 21.4 Å². The predicted molar refractivity (Wildman–Crippen MR) is 150 cm³/mol. The summed E-state index contributed by atoms with van der Waals surface area (Å²) < 4.78 is 6.38. The Hall–Kier alpha value is -2.59. The van der Waals surface area contributed by atoms with Gasteiger partial charge in [-0.05, 0) is 73.1 Å². The van der Waals surface area contributed by atoms with Crippen LogP contribution in [0.4, 0.5) is 0 Å². The highest BCUT2D eigenvalue weighted by Crippen LogP contribution is 2.45. The molecule has 0 amide bonds. The van der Waals surface area contributed by atoms with Gasteiger partial charge in [-0.25, -0.2) is 0 Å². The molecule has 4 heteroatoms. The van der Waals surface area contributed by atoms with Crippen LogP contribution in [0.3, 0.4) is 0 Å². The summed E-state index contributed by atoms with van der Waals surface area (Å²) in [6.45, 7) is 9.17. The van der Waals surface area contributed by atoms with Crippen LogP contribution >= 0.6 is 0 Å². The molecule has 1 aromatic heterocycles. The minimum absolute atomic E-state index is 0.00142. The Morgan fingerprint density at radius 2 is 1.78 bits per heavy atom. The van der Waals surface area contributed by atoms with Crippen molar-refractivity contribution in [1.82, 2.24) is 9.88 Å². The fraction of sp³-hybridized carbons (Fsp3) is 0.545. The third-order valence-corrected chi connectivity index (χ3v) is 9.89. The molecule has 0 bridgehead atoms. The zero-order chi connectivity index (χ0) is 25.6. The molecular weight excluding hydrogens is 456 g/mol. The number of nitrogens with zero attached hydrogens (tertiary/aromatic N) is 1. The second-order valence-electron chi connectivity index (χ2n) is 12.6. The second kappa shape index (κ2) is 9.94. The van der Waals surface area contributed by atoms with E-state index in [1.165, 1.54) is 34.1 Å². The number of hydrogen-bond donors (Lipinski definition) is 1. The van der Waals surface area contributed by atoms with E-state index in [1.807, 2.05) is 0 Å². The number of hydrogen-bond acceptors (Lipinski definition) is 3. The summed E-state index contributed by atoms with van der Waals surface area (Å²) in [5.41, 5.74) is 5.44. The van der Waals surface area contributed by atoms with Crippen LogP contribution in [0.25, 0.3) is 10.9 Å². The predicted octanol–water partition coefficient (Wildman–Crippen LogP) is 7.19. The molecule has 0 unspecified atom stereocenters. The van der Waals surface area contributed by atoms with Crippen molar-refractivity contribution in [3.63, 3.8) is 0 Å². The van der Waals surface area contributed by atoms with Crippen LogP contribution in [0.15, 0.2) is 54.6 Å². The fourth-order valence-corrected chi connectivity index (χ4v) is 7.69. The van der Waals surface area contributed by atoms with Gasteiger partial charge in [0.2, 0.25) is 0 Å². The number of benzene rings is 2. The van der Waals surface area contributed by atoms with Gasteiger partial charge in [0.1, 0.15) is 6.10 Å². The molecule has 0 spiro atoms. The number of nitrogens with one attached hydrogen (secondary N) is 1. The summed E-state index contributed by atoms with van der Waals surface area (Å²) >= 11 is 0. The number of ether oxygens (including phenoxy) is 1. The van der Waals surface area contributed by atoms with Gasteiger partial charge >= 0.3 is 5.97 Å². The molecule has 6 rings (SSSR count). The Morgan fingerprint density at radius 3 is 2.62 bits per heavy atom. The number of piperidine rings is 1. The van der Waals surface area contributed by atoms with Crippen LogP contribution in [-0.4, -0.2) is 35.0 Å². The lowest BCUT2D eigenvalue weighted by molar-refractivity contribution is -0.158. The Kier molecular flexibility index (Phi) is 6.65. The summed E-state index contributed by atoms with van der Waals surface area (Å²) in [6.07, 6.45) is 7.08. The van der Waals surface area contributed by atoms with E-state index < -0.39 is 0 Å². The van der Waals surface area contributed by atoms with Gasteiger partial charge in [0.15, 0.2) is 0 Å². The van der Waals surface area contributed by atoms with Crippen molar-refractivity contribution in [2.45, 2.75) is 83.3 Å². The van der Waals surface area contributed by atoms with E-state index in [4.69, 9.17) is 4.74 Å². The second-order valence-corrected chi connectivity index (χ2v) is 12.6. The quantitative estimate of drug-likeness (QED) is 0.379. The van der Waals surface area contributed by atoms with E-state index in [0.717, 1.165) is 45.2 Å². The number of esters is 1. The molecular formula is C33H42N2O2. The number of carbonyl (C=O) groups excluding carboxylic acids is 1. The summed E-state index contributed by atoms with van der Waals surface area (Å²) in [5, 5.41) is 1.37. The van der Waals surface area contributed by atoms with Crippen molar-refractivity contribution >= 4 is 16.9 Å². The molecule has 1 N–H and O–H groups in total. The number of aromatic nitrogens is 1. The number of para-hydroxylation sites is 1. The lowest BCUT2D eigenvalue weighted by Crippen LogP contribution is -2.44. The molecule has 5 atom stereocenters. The van der Waals surface area contributed by atoms with E-state index in [0.29, 0.717) is 30.2 Å². The molecule has 2 aromatic carbocycles. The van der Waals surface area contributed by atoms with Crippen LogP contribution in [0, 0.1) is 17.8 Å². The number of H-pyrrole nitrogens is 1. The zero-order valence-electron chi connectivity index (χ0n) is 22.7. The molecule has 196 valence electrons. The SMILES string of the molecule is C[C@@H]1CC[C@@H](C(C)(C)c2ccccc2)[C@H](OC(=O)C[C@H]2CCN3CCc4c([nH]c5ccccc45)[C@H]3C2)C1. The molecule has 2 aliphatic heterocycles. The largest absolute Gasteiger partial charge is 0.462 e. The highest BCUT2D eigenvalue weighted by molar-refractivity contribution is 5.85. The molecule has 1 saturated heterocycles. The van der Waals surface area contributed by atoms with Crippen molar-refractivity contribution < 1.29 is 9.53 Å². The Morgan fingerprint density at radius 1 is 1.00 bits per heavy atom. The summed E-state index contributed by atoms with van der Waals surface area (Å²) in [4.78, 5) is 19.8. The fourth-order valence-electron chi connectivity index (χ4n) is 7.69. The van der Waals surface area contributed by atoms with Gasteiger partial charge in [-0.1, -0.05) is 75.7 Å². The van der Waals surface area contributed by atoms with Crippen LogP contribution < -0.4 is 0 Å². The average Bonchev–Trinajstić information content (AvgIpc) is 3.28. The maximum atomic E-state index is 13.4. The lowest BCUT2D eigenvalue weighted by atomic mass is 9.64. The van der Waals surface area contributed by atoms with Gasteiger partial charge in [0, 0.05) is 35.5 Å². The molecule has 3 aliphatic rings. The molecule has 3 heterocycles. The van der Waals surface area contributed by atoms with Gasteiger partial charge in [0.25, 0.3) is 0 Å². The number of aromatic amines is 1. The van der Waals surface area contributed by atoms with Gasteiger partial charge in [-0.2, -0.15) is 0 Å². The van der Waals surface area contributed by atoms with Crippen molar-refractivity contribution in [2.75, 3.05) is 13.1 Å². The molecule has 3 aromatic rings. The van der Waals surface area contributed by atoms with Crippen LogP contribution in [0.5, 0.6) is 0 Å². The first-order chi connectivity index (χ1) is 17.9.